The lowest BCUT2D eigenvalue weighted by molar-refractivity contribution is -0.138. The molecule has 2 aliphatic heterocycles. The van der Waals surface area contributed by atoms with E-state index in [0.29, 0.717) is 39.3 Å². The van der Waals surface area contributed by atoms with Gasteiger partial charge >= 0.3 is 0 Å². The van der Waals surface area contributed by atoms with Crippen LogP contribution < -0.4 is 9.80 Å². The third-order valence-corrected chi connectivity index (χ3v) is 12.5. The molecule has 3 fully saturated rings. The molecule has 3 aromatic rings. The normalized spacial score (nSPS) is 29.0. The molecule has 0 bridgehead atoms. The van der Waals surface area contributed by atoms with E-state index < -0.39 is 51.1 Å². The van der Waals surface area contributed by atoms with Crippen molar-refractivity contribution in [3.05, 3.63) is 89.0 Å². The number of alkyl halides is 3. The monoisotopic (exact) mass is 777 g/mol. The summed E-state index contributed by atoms with van der Waals surface area (Å²) >= 11 is 17.9. The van der Waals surface area contributed by atoms with Gasteiger partial charge in [-0.3, -0.25) is 29.0 Å². The number of rotatable bonds is 6. The highest BCUT2D eigenvalue weighted by Crippen LogP contribution is 2.65. The van der Waals surface area contributed by atoms with Crippen molar-refractivity contribution in [1.82, 2.24) is 4.90 Å². The van der Waals surface area contributed by atoms with Crippen LogP contribution in [0.3, 0.4) is 0 Å². The van der Waals surface area contributed by atoms with Crippen LogP contribution in [0.5, 0.6) is 5.75 Å². The van der Waals surface area contributed by atoms with Crippen molar-refractivity contribution < 1.29 is 24.3 Å². The van der Waals surface area contributed by atoms with Crippen molar-refractivity contribution >= 4 is 85.5 Å². The summed E-state index contributed by atoms with van der Waals surface area (Å²) < 4.78 is 0. The first-order valence-electron chi connectivity index (χ1n) is 16.2. The summed E-state index contributed by atoms with van der Waals surface area (Å²) in [7, 11) is 3.91. The van der Waals surface area contributed by atoms with Gasteiger partial charge in [0, 0.05) is 25.7 Å². The van der Waals surface area contributed by atoms with Gasteiger partial charge in [0.25, 0.3) is 11.8 Å². The number of carbonyl (C=O) groups excluding carboxylic acids is 4. The van der Waals surface area contributed by atoms with Gasteiger partial charge in [0.05, 0.1) is 34.4 Å². The summed E-state index contributed by atoms with van der Waals surface area (Å²) in [5, 5.41) is 19.2. The zero-order chi connectivity index (χ0) is 35.9. The second kappa shape index (κ2) is 12.3. The van der Waals surface area contributed by atoms with Crippen molar-refractivity contribution in [3.8, 4) is 5.75 Å². The third-order valence-electron chi connectivity index (χ3n) is 10.6. The Morgan fingerprint density at radius 3 is 2.02 bits per heavy atom. The smallest absolute Gasteiger partial charge is 0.254 e. The Bertz CT molecular complexity index is 2000. The Hall–Kier alpha value is -4.06. The summed E-state index contributed by atoms with van der Waals surface area (Å²) in [6.45, 7) is 3.48. The third kappa shape index (κ3) is 4.95. The highest BCUT2D eigenvalue weighted by atomic mass is 79.9. The molecule has 10 nitrogen and oxygen atoms in total. The number of amides is 4. The van der Waals surface area contributed by atoms with E-state index in [2.05, 4.69) is 26.2 Å². The van der Waals surface area contributed by atoms with Gasteiger partial charge in [0.1, 0.15) is 5.75 Å². The first-order valence-corrected chi connectivity index (χ1v) is 18.1. The molecule has 258 valence electrons. The highest BCUT2D eigenvalue weighted by Gasteiger charge is 2.76. The van der Waals surface area contributed by atoms with Gasteiger partial charge in [-0.05, 0) is 97.8 Å². The number of carbonyl (C=O) groups is 4. The molecule has 1 saturated carbocycles. The molecule has 4 aliphatic rings. The number of aryl methyl sites for hydroxylation is 2. The Balaban J connectivity index is 1.23. The fourth-order valence-electron chi connectivity index (χ4n) is 8.14. The Kier molecular flexibility index (Phi) is 8.47. The number of halogens is 3. The lowest BCUT2D eigenvalue weighted by Crippen LogP contribution is -2.60. The standard InChI is InChI=1S/C37H34BrCl2N5O5/c1-19-15-21(16-20(2)31(19)46)30-26-13-14-27-29(28(26)17-36(39)34(49)44(18-38)35(50)37(30,36)40)33(48)45(32(27)47)25-11-7-23(8-12-25)42-41-22-5-9-24(10-6-22)43(3)4/h5-13,15-16,27-30,46H,14,17-18H2,1-4H3. The van der Waals surface area contributed by atoms with Crippen LogP contribution in [0.2, 0.25) is 0 Å². The van der Waals surface area contributed by atoms with Crippen molar-refractivity contribution in [2.45, 2.75) is 42.4 Å². The molecule has 2 aliphatic carbocycles. The molecule has 0 spiro atoms. The van der Waals surface area contributed by atoms with Gasteiger partial charge in [-0.2, -0.15) is 10.2 Å². The van der Waals surface area contributed by atoms with E-state index in [1.165, 1.54) is 4.90 Å². The maximum absolute atomic E-state index is 14.4. The molecule has 13 heteroatoms. The van der Waals surface area contributed by atoms with Crippen molar-refractivity contribution in [2.75, 3.05) is 29.3 Å². The van der Waals surface area contributed by atoms with Crippen molar-refractivity contribution in [3.63, 3.8) is 0 Å². The molecule has 7 rings (SSSR count). The number of nitrogens with zero attached hydrogens (tertiary/aromatic N) is 5. The van der Waals surface area contributed by atoms with Crippen LogP contribution in [0, 0.1) is 31.6 Å². The predicted molar refractivity (Wildman–Crippen MR) is 195 cm³/mol. The van der Waals surface area contributed by atoms with Crippen LogP contribution in [0.25, 0.3) is 0 Å². The molecule has 3 aromatic carbocycles. The van der Waals surface area contributed by atoms with Gasteiger partial charge in [0.2, 0.25) is 11.8 Å². The first-order chi connectivity index (χ1) is 23.7. The quantitative estimate of drug-likeness (QED) is 0.0915. The molecular weight excluding hydrogens is 745 g/mol. The minimum Gasteiger partial charge on any atom is -0.507 e. The van der Waals surface area contributed by atoms with Crippen LogP contribution in [0.1, 0.15) is 35.4 Å². The summed E-state index contributed by atoms with van der Waals surface area (Å²) in [5.74, 6) is -5.00. The summed E-state index contributed by atoms with van der Waals surface area (Å²) in [6.07, 6.45) is 2.04. The van der Waals surface area contributed by atoms with Crippen molar-refractivity contribution in [2.24, 2.45) is 28.0 Å². The number of likely N-dealkylation sites (tertiary alicyclic amines) is 1. The SMILES string of the molecule is Cc1cc(C2C3=CCC4C(=O)N(c5ccc(N=Nc6ccc(N(C)C)cc6)cc5)C(=O)C4C3CC3(Cl)C(=O)N(CBr)C(=O)C23Cl)cc(C)c1O. The molecule has 0 radical (unpaired) electrons. The summed E-state index contributed by atoms with van der Waals surface area (Å²) in [6, 6.07) is 17.8. The van der Waals surface area contributed by atoms with Gasteiger partial charge < -0.3 is 10.0 Å². The molecular formula is C37H34BrCl2N5O5. The summed E-state index contributed by atoms with van der Waals surface area (Å²) in [5.41, 5.74) is 4.97. The number of allylic oxidation sites excluding steroid dienone is 2. The minimum absolute atomic E-state index is 0.104. The van der Waals surface area contributed by atoms with E-state index in [4.69, 9.17) is 23.2 Å². The van der Waals surface area contributed by atoms with Crippen LogP contribution in [0.15, 0.2) is 82.5 Å². The van der Waals surface area contributed by atoms with Gasteiger partial charge in [-0.1, -0.05) is 39.7 Å². The first kappa shape index (κ1) is 34.4. The van der Waals surface area contributed by atoms with E-state index in [1.807, 2.05) is 49.3 Å². The minimum atomic E-state index is -1.91. The lowest BCUT2D eigenvalue weighted by atomic mass is 9.56. The predicted octanol–water partition coefficient (Wildman–Crippen LogP) is 7.41. The number of benzene rings is 3. The maximum Gasteiger partial charge on any atom is 0.254 e. The zero-order valence-electron chi connectivity index (χ0n) is 27.7. The number of hydrogen-bond acceptors (Lipinski definition) is 8. The van der Waals surface area contributed by atoms with Crippen LogP contribution in [-0.4, -0.2) is 62.9 Å². The Labute approximate surface area is 307 Å². The number of fused-ring (bicyclic) bond motifs is 4. The highest BCUT2D eigenvalue weighted by molar-refractivity contribution is 9.09. The average molecular weight is 780 g/mol. The van der Waals surface area contributed by atoms with Crippen molar-refractivity contribution in [1.29, 1.82) is 0 Å². The second-order valence-electron chi connectivity index (χ2n) is 13.6. The largest absolute Gasteiger partial charge is 0.507 e. The zero-order valence-corrected chi connectivity index (χ0v) is 30.8. The van der Waals surface area contributed by atoms with Gasteiger partial charge in [-0.25, -0.2) is 0 Å². The number of azo groups is 1. The van der Waals surface area contributed by atoms with Crippen LogP contribution in [0.4, 0.5) is 22.7 Å². The average Bonchev–Trinajstić information content (AvgIpc) is 3.43. The van der Waals surface area contributed by atoms with E-state index in [9.17, 15) is 24.3 Å². The Morgan fingerprint density at radius 1 is 0.880 bits per heavy atom. The summed E-state index contributed by atoms with van der Waals surface area (Å²) in [4.78, 5) is 56.6. The second-order valence-corrected chi connectivity index (χ2v) is 15.4. The number of aromatic hydroxyl groups is 1. The molecule has 4 amide bonds. The number of anilines is 2. The molecule has 50 heavy (non-hydrogen) atoms. The van der Waals surface area contributed by atoms with Crippen LogP contribution >= 0.6 is 39.1 Å². The fraction of sp³-hybridized carbons (Fsp3) is 0.351. The van der Waals surface area contributed by atoms with E-state index in [1.54, 1.807) is 50.2 Å². The van der Waals surface area contributed by atoms with E-state index in [-0.39, 0.29) is 30.0 Å². The lowest BCUT2D eigenvalue weighted by Gasteiger charge is -2.51. The molecule has 2 saturated heterocycles. The maximum atomic E-state index is 14.4. The van der Waals surface area contributed by atoms with E-state index in [0.717, 1.165) is 10.6 Å². The van der Waals surface area contributed by atoms with Gasteiger partial charge in [-0.15, -0.1) is 23.2 Å². The molecule has 0 aromatic heterocycles. The molecule has 6 unspecified atom stereocenters. The van der Waals surface area contributed by atoms with Crippen LogP contribution in [-0.2, 0) is 19.2 Å². The van der Waals surface area contributed by atoms with Gasteiger partial charge in [0.15, 0.2) is 9.75 Å². The number of hydrogen-bond donors (Lipinski definition) is 1. The topological polar surface area (TPSA) is 123 Å². The number of phenolic OH excluding ortho intramolecular Hbond substituents is 1. The number of imide groups is 2. The van der Waals surface area contributed by atoms with E-state index >= 15 is 0 Å². The molecule has 1 N–H and O–H groups in total. The molecule has 6 atom stereocenters. The fourth-order valence-corrected chi connectivity index (χ4v) is 9.56. The molecule has 2 heterocycles. The Morgan fingerprint density at radius 2 is 1.46 bits per heavy atom. The number of phenols is 1.